The molecule has 8 heteroatoms. The molecule has 2 N–H and O–H groups in total. The molecule has 2 aromatic carbocycles. The van der Waals surface area contributed by atoms with Crippen LogP contribution in [0.25, 0.3) is 16.6 Å². The summed E-state index contributed by atoms with van der Waals surface area (Å²) in [4.78, 5) is 23.6. The molecule has 0 saturated heterocycles. The summed E-state index contributed by atoms with van der Waals surface area (Å²) in [5.74, 6) is -0.0750. The SMILES string of the molecule is CC(=O)Nc1ccc(NC(=O)CSc2nnc3cc(C)c4cc(C)cc(C)c4n23)cc1. The van der Waals surface area contributed by atoms with Crippen LogP contribution in [0.4, 0.5) is 11.4 Å². The van der Waals surface area contributed by atoms with Crippen LogP contribution in [0.1, 0.15) is 23.6 Å². The van der Waals surface area contributed by atoms with Crippen molar-refractivity contribution in [2.45, 2.75) is 32.9 Å². The van der Waals surface area contributed by atoms with Gasteiger partial charge in [0.05, 0.1) is 11.3 Å². The van der Waals surface area contributed by atoms with Gasteiger partial charge in [0.1, 0.15) is 0 Å². The van der Waals surface area contributed by atoms with E-state index in [-0.39, 0.29) is 17.6 Å². The van der Waals surface area contributed by atoms with E-state index in [1.54, 1.807) is 24.3 Å². The van der Waals surface area contributed by atoms with E-state index in [0.29, 0.717) is 16.5 Å². The van der Waals surface area contributed by atoms with Crippen LogP contribution in [0.5, 0.6) is 0 Å². The van der Waals surface area contributed by atoms with Crippen molar-refractivity contribution in [2.24, 2.45) is 0 Å². The van der Waals surface area contributed by atoms with Crippen LogP contribution in [-0.2, 0) is 9.59 Å². The fourth-order valence-corrected chi connectivity index (χ4v) is 4.42. The van der Waals surface area contributed by atoms with Gasteiger partial charge in [-0.25, -0.2) is 0 Å². The second-order valence-electron chi connectivity index (χ2n) is 7.58. The van der Waals surface area contributed by atoms with Crippen LogP contribution in [-0.4, -0.2) is 32.2 Å². The molecule has 0 atom stereocenters. The minimum Gasteiger partial charge on any atom is -0.326 e. The summed E-state index contributed by atoms with van der Waals surface area (Å²) < 4.78 is 2.03. The first-order valence-electron chi connectivity index (χ1n) is 9.88. The molecule has 0 fully saturated rings. The van der Waals surface area contributed by atoms with Gasteiger partial charge in [0, 0.05) is 23.7 Å². The fraction of sp³-hybridized carbons (Fsp3) is 0.217. The van der Waals surface area contributed by atoms with Gasteiger partial charge >= 0.3 is 0 Å². The monoisotopic (exact) mass is 433 g/mol. The number of hydrogen-bond acceptors (Lipinski definition) is 5. The maximum Gasteiger partial charge on any atom is 0.234 e. The maximum atomic E-state index is 12.5. The highest BCUT2D eigenvalue weighted by Crippen LogP contribution is 2.29. The first-order valence-corrected chi connectivity index (χ1v) is 10.9. The van der Waals surface area contributed by atoms with Gasteiger partial charge in [-0.15, -0.1) is 10.2 Å². The molecule has 2 aromatic heterocycles. The molecule has 4 rings (SSSR count). The lowest BCUT2D eigenvalue weighted by atomic mass is 10.0. The highest BCUT2D eigenvalue weighted by Gasteiger charge is 2.15. The first kappa shape index (κ1) is 20.9. The molecule has 2 amide bonds. The Morgan fingerprint density at radius 2 is 1.61 bits per heavy atom. The molecule has 4 aromatic rings. The number of aromatic nitrogens is 3. The van der Waals surface area contributed by atoms with Crippen molar-refractivity contribution in [3.8, 4) is 0 Å². The van der Waals surface area contributed by atoms with Gasteiger partial charge in [0.25, 0.3) is 0 Å². The highest BCUT2D eigenvalue weighted by molar-refractivity contribution is 7.99. The molecule has 0 spiro atoms. The number of carbonyl (C=O) groups excluding carboxylic acids is 2. The van der Waals surface area contributed by atoms with E-state index in [1.807, 2.05) is 10.5 Å². The second-order valence-corrected chi connectivity index (χ2v) is 8.52. The van der Waals surface area contributed by atoms with E-state index in [9.17, 15) is 9.59 Å². The molecule has 0 bridgehead atoms. The lowest BCUT2D eigenvalue weighted by molar-refractivity contribution is -0.114. The number of hydrogen-bond donors (Lipinski definition) is 2. The molecule has 0 unspecified atom stereocenters. The molecular weight excluding hydrogens is 410 g/mol. The summed E-state index contributed by atoms with van der Waals surface area (Å²) in [6, 6.07) is 13.3. The zero-order chi connectivity index (χ0) is 22.1. The Morgan fingerprint density at radius 1 is 0.935 bits per heavy atom. The van der Waals surface area contributed by atoms with Crippen LogP contribution in [0.3, 0.4) is 0 Å². The smallest absolute Gasteiger partial charge is 0.234 e. The van der Waals surface area contributed by atoms with Gasteiger partial charge in [-0.05, 0) is 68.3 Å². The molecule has 0 aliphatic heterocycles. The molecule has 0 aliphatic rings. The molecule has 0 aliphatic carbocycles. The topological polar surface area (TPSA) is 88.4 Å². The predicted molar refractivity (Wildman–Crippen MR) is 125 cm³/mol. The Balaban J connectivity index is 1.53. The van der Waals surface area contributed by atoms with E-state index in [1.165, 1.54) is 24.2 Å². The number of anilines is 2. The second kappa shape index (κ2) is 8.39. The summed E-state index contributed by atoms with van der Waals surface area (Å²) in [5, 5.41) is 16.1. The third-order valence-corrected chi connectivity index (χ3v) is 5.85. The third-order valence-electron chi connectivity index (χ3n) is 4.92. The number of nitrogens with zero attached hydrogens (tertiary/aromatic N) is 3. The van der Waals surface area contributed by atoms with Crippen LogP contribution >= 0.6 is 11.8 Å². The Hall–Kier alpha value is -3.39. The zero-order valence-electron chi connectivity index (χ0n) is 17.8. The van der Waals surface area contributed by atoms with Crippen LogP contribution in [0.2, 0.25) is 0 Å². The van der Waals surface area contributed by atoms with Crippen molar-refractivity contribution in [1.82, 2.24) is 14.6 Å². The van der Waals surface area contributed by atoms with Crippen molar-refractivity contribution in [3.63, 3.8) is 0 Å². The lowest BCUT2D eigenvalue weighted by Crippen LogP contribution is -2.14. The van der Waals surface area contributed by atoms with Crippen molar-refractivity contribution in [1.29, 1.82) is 0 Å². The number of nitrogens with one attached hydrogen (secondary N) is 2. The predicted octanol–water partition coefficient (Wildman–Crippen LogP) is 4.50. The minimum absolute atomic E-state index is 0.137. The minimum atomic E-state index is -0.141. The number of pyridine rings is 1. The molecule has 0 radical (unpaired) electrons. The quantitative estimate of drug-likeness (QED) is 0.453. The number of fused-ring (bicyclic) bond motifs is 3. The van der Waals surface area contributed by atoms with Crippen LogP contribution in [0, 0.1) is 20.8 Å². The normalized spacial score (nSPS) is 11.1. The van der Waals surface area contributed by atoms with Gasteiger partial charge in [-0.1, -0.05) is 23.4 Å². The van der Waals surface area contributed by atoms with E-state index in [2.05, 4.69) is 53.7 Å². The molecule has 158 valence electrons. The average Bonchev–Trinajstić information content (AvgIpc) is 3.10. The van der Waals surface area contributed by atoms with Crippen molar-refractivity contribution in [3.05, 3.63) is 59.2 Å². The molecule has 2 heterocycles. The Bertz CT molecular complexity index is 1310. The third kappa shape index (κ3) is 4.39. The van der Waals surface area contributed by atoms with Crippen LogP contribution in [0.15, 0.2) is 47.6 Å². The number of rotatable bonds is 5. The largest absolute Gasteiger partial charge is 0.326 e. The first-order chi connectivity index (χ1) is 14.8. The molecule has 0 saturated carbocycles. The Morgan fingerprint density at radius 3 is 2.29 bits per heavy atom. The Kier molecular flexibility index (Phi) is 5.65. The molecular formula is C23H23N5O2S. The average molecular weight is 434 g/mol. The summed E-state index contributed by atoms with van der Waals surface area (Å²) in [7, 11) is 0. The van der Waals surface area contributed by atoms with Crippen LogP contribution < -0.4 is 10.6 Å². The standard InChI is InChI=1S/C23H23N5O2S/c1-13-9-15(3)22-19(10-13)14(2)11-20-26-27-23(28(20)22)31-12-21(30)25-18-7-5-17(6-8-18)24-16(4)29/h5-11H,12H2,1-4H3,(H,24,29)(H,25,30). The van der Waals surface area contributed by atoms with Gasteiger partial charge in [-0.2, -0.15) is 0 Å². The van der Waals surface area contributed by atoms with Gasteiger partial charge in [0.2, 0.25) is 11.8 Å². The fourth-order valence-electron chi connectivity index (χ4n) is 3.67. The summed E-state index contributed by atoms with van der Waals surface area (Å²) >= 11 is 1.35. The molecule has 7 nitrogen and oxygen atoms in total. The summed E-state index contributed by atoms with van der Waals surface area (Å²) in [5.41, 5.74) is 6.70. The summed E-state index contributed by atoms with van der Waals surface area (Å²) in [6.45, 7) is 7.70. The van der Waals surface area contributed by atoms with Gasteiger partial charge < -0.3 is 10.6 Å². The highest BCUT2D eigenvalue weighted by atomic mass is 32.2. The van der Waals surface area contributed by atoms with Crippen molar-refractivity contribution in [2.75, 3.05) is 16.4 Å². The zero-order valence-corrected chi connectivity index (χ0v) is 18.6. The number of carbonyl (C=O) groups is 2. The number of thioether (sulfide) groups is 1. The van der Waals surface area contributed by atoms with Crippen molar-refractivity contribution >= 4 is 51.5 Å². The maximum absolute atomic E-state index is 12.5. The van der Waals surface area contributed by atoms with E-state index >= 15 is 0 Å². The van der Waals surface area contributed by atoms with E-state index < -0.39 is 0 Å². The Labute approximate surface area is 184 Å². The summed E-state index contributed by atoms with van der Waals surface area (Å²) in [6.07, 6.45) is 0. The number of amides is 2. The van der Waals surface area contributed by atoms with Gasteiger partial charge in [-0.3, -0.25) is 14.0 Å². The van der Waals surface area contributed by atoms with Crippen molar-refractivity contribution < 1.29 is 9.59 Å². The van der Waals surface area contributed by atoms with E-state index in [4.69, 9.17) is 0 Å². The lowest BCUT2D eigenvalue weighted by Gasteiger charge is -2.11. The van der Waals surface area contributed by atoms with E-state index in [0.717, 1.165) is 27.7 Å². The number of benzene rings is 2. The number of aryl methyl sites for hydroxylation is 3. The molecule has 31 heavy (non-hydrogen) atoms. The van der Waals surface area contributed by atoms with Gasteiger partial charge in [0.15, 0.2) is 10.8 Å².